The first-order valence-electron chi connectivity index (χ1n) is 4.21. The number of rotatable bonds is 2. The second-order valence-electron chi connectivity index (χ2n) is 2.81. The lowest BCUT2D eigenvalue weighted by Crippen LogP contribution is -2.00. The van der Waals surface area contributed by atoms with E-state index >= 15 is 0 Å². The third-order valence-corrected chi connectivity index (χ3v) is 1.95. The average Bonchev–Trinajstić information content (AvgIpc) is 2.51. The van der Waals surface area contributed by atoms with E-state index in [4.69, 9.17) is 4.74 Å². The molecule has 0 atom stereocenters. The quantitative estimate of drug-likeness (QED) is 0.710. The molecule has 1 aromatic heterocycles. The highest BCUT2D eigenvalue weighted by molar-refractivity contribution is 5.31. The van der Waals surface area contributed by atoms with Crippen molar-refractivity contribution in [3.8, 4) is 5.75 Å². The number of nitrogens with zero attached hydrogens (tertiary/aromatic N) is 1. The molecule has 1 aromatic rings. The molecule has 1 N–H and O–H groups in total. The molecule has 0 spiro atoms. The Balaban J connectivity index is 2.26. The smallest absolute Gasteiger partial charge is 0.137 e. The Morgan fingerprint density at radius 2 is 2.50 bits per heavy atom. The maximum Gasteiger partial charge on any atom is 0.137 e. The van der Waals surface area contributed by atoms with Crippen LogP contribution in [0.4, 0.5) is 0 Å². The molecule has 0 fully saturated rings. The van der Waals surface area contributed by atoms with Crippen LogP contribution in [0.2, 0.25) is 0 Å². The molecule has 0 saturated carbocycles. The molecule has 0 radical (unpaired) electrons. The fourth-order valence-electron chi connectivity index (χ4n) is 1.39. The molecular formula is C9H12N2O. The van der Waals surface area contributed by atoms with Gasteiger partial charge in [-0.15, -0.1) is 0 Å². The Morgan fingerprint density at radius 1 is 1.58 bits per heavy atom. The van der Waals surface area contributed by atoms with Gasteiger partial charge >= 0.3 is 0 Å². The van der Waals surface area contributed by atoms with Crippen LogP contribution in [0.25, 0.3) is 0 Å². The van der Waals surface area contributed by atoms with Gasteiger partial charge in [0.1, 0.15) is 5.75 Å². The van der Waals surface area contributed by atoms with Crippen LogP contribution in [-0.2, 0) is 13.1 Å². The number of pyridine rings is 1. The van der Waals surface area contributed by atoms with Crippen LogP contribution < -0.4 is 10.1 Å². The lowest BCUT2D eigenvalue weighted by Gasteiger charge is -2.03. The van der Waals surface area contributed by atoms with Crippen LogP contribution >= 0.6 is 0 Å². The summed E-state index contributed by atoms with van der Waals surface area (Å²) in [4.78, 5) is 4.29. The van der Waals surface area contributed by atoms with Crippen LogP contribution in [0.3, 0.4) is 0 Å². The fourth-order valence-corrected chi connectivity index (χ4v) is 1.39. The van der Waals surface area contributed by atoms with Crippen LogP contribution in [0, 0.1) is 0 Å². The highest BCUT2D eigenvalue weighted by Crippen LogP contribution is 2.18. The standard InChI is InChI=1S/C9H12N2O/c1-2-12-8-3-7-4-10-6-9(7)11-5-8/h3,5,10H,2,4,6H2,1H3. The summed E-state index contributed by atoms with van der Waals surface area (Å²) in [6.07, 6.45) is 1.79. The predicted molar refractivity (Wildman–Crippen MR) is 45.9 cm³/mol. The molecule has 0 unspecified atom stereocenters. The van der Waals surface area contributed by atoms with E-state index < -0.39 is 0 Å². The predicted octanol–water partition coefficient (Wildman–Crippen LogP) is 1.08. The first kappa shape index (κ1) is 7.55. The largest absolute Gasteiger partial charge is 0.492 e. The average molecular weight is 164 g/mol. The van der Waals surface area contributed by atoms with Crippen molar-refractivity contribution >= 4 is 0 Å². The van der Waals surface area contributed by atoms with Gasteiger partial charge in [0, 0.05) is 13.1 Å². The number of ether oxygens (including phenoxy) is 1. The minimum absolute atomic E-state index is 0.702. The van der Waals surface area contributed by atoms with Crippen molar-refractivity contribution in [1.29, 1.82) is 0 Å². The van der Waals surface area contributed by atoms with Gasteiger partial charge in [0.2, 0.25) is 0 Å². The minimum Gasteiger partial charge on any atom is -0.492 e. The highest BCUT2D eigenvalue weighted by Gasteiger charge is 2.11. The molecule has 3 nitrogen and oxygen atoms in total. The summed E-state index contributed by atoms with van der Waals surface area (Å²) in [5, 5.41) is 3.24. The van der Waals surface area contributed by atoms with Crippen LogP contribution in [0.15, 0.2) is 12.3 Å². The molecule has 0 aromatic carbocycles. The summed E-state index contributed by atoms with van der Waals surface area (Å²) in [5.74, 6) is 0.875. The van der Waals surface area contributed by atoms with Gasteiger partial charge in [-0.2, -0.15) is 0 Å². The summed E-state index contributed by atoms with van der Waals surface area (Å²) < 4.78 is 5.34. The zero-order valence-electron chi connectivity index (χ0n) is 7.13. The second kappa shape index (κ2) is 3.11. The van der Waals surface area contributed by atoms with E-state index in [1.54, 1.807) is 6.20 Å². The zero-order chi connectivity index (χ0) is 8.39. The topological polar surface area (TPSA) is 34.1 Å². The SMILES string of the molecule is CCOc1cnc2c(c1)CNC2. The lowest BCUT2D eigenvalue weighted by molar-refractivity contribution is 0.338. The maximum absolute atomic E-state index is 5.34. The Hall–Kier alpha value is -1.09. The van der Waals surface area contributed by atoms with E-state index in [0.717, 1.165) is 24.5 Å². The summed E-state index contributed by atoms with van der Waals surface area (Å²) >= 11 is 0. The van der Waals surface area contributed by atoms with Gasteiger partial charge in [-0.3, -0.25) is 4.98 Å². The first-order chi connectivity index (χ1) is 5.90. The Morgan fingerprint density at radius 3 is 3.33 bits per heavy atom. The molecule has 1 aliphatic rings. The van der Waals surface area contributed by atoms with E-state index in [1.165, 1.54) is 5.56 Å². The minimum atomic E-state index is 0.702. The molecule has 1 aliphatic heterocycles. The zero-order valence-corrected chi connectivity index (χ0v) is 7.13. The van der Waals surface area contributed by atoms with Crippen LogP contribution in [-0.4, -0.2) is 11.6 Å². The van der Waals surface area contributed by atoms with Crippen molar-refractivity contribution < 1.29 is 4.74 Å². The third kappa shape index (κ3) is 1.28. The van der Waals surface area contributed by atoms with Gasteiger partial charge in [-0.25, -0.2) is 0 Å². The third-order valence-electron chi connectivity index (χ3n) is 1.95. The maximum atomic E-state index is 5.34. The Labute approximate surface area is 71.8 Å². The molecule has 0 saturated heterocycles. The normalized spacial score (nSPS) is 14.4. The molecule has 0 bridgehead atoms. The molecule has 2 heterocycles. The summed E-state index contributed by atoms with van der Waals surface area (Å²) in [6, 6.07) is 2.06. The lowest BCUT2D eigenvalue weighted by atomic mass is 10.2. The molecule has 0 aliphatic carbocycles. The number of hydrogen-bond donors (Lipinski definition) is 1. The van der Waals surface area contributed by atoms with Gasteiger partial charge in [-0.1, -0.05) is 0 Å². The van der Waals surface area contributed by atoms with Gasteiger partial charge in [0.15, 0.2) is 0 Å². The molecule has 0 amide bonds. The van der Waals surface area contributed by atoms with Crippen LogP contribution in [0.5, 0.6) is 5.75 Å². The first-order valence-corrected chi connectivity index (χ1v) is 4.21. The summed E-state index contributed by atoms with van der Waals surface area (Å²) in [6.45, 7) is 4.49. The van der Waals surface area contributed by atoms with E-state index in [-0.39, 0.29) is 0 Å². The second-order valence-corrected chi connectivity index (χ2v) is 2.81. The van der Waals surface area contributed by atoms with Crippen molar-refractivity contribution in [2.45, 2.75) is 20.0 Å². The highest BCUT2D eigenvalue weighted by atomic mass is 16.5. The van der Waals surface area contributed by atoms with E-state index in [0.29, 0.717) is 6.61 Å². The number of nitrogens with one attached hydrogen (secondary N) is 1. The molecule has 3 heteroatoms. The fraction of sp³-hybridized carbons (Fsp3) is 0.444. The van der Waals surface area contributed by atoms with E-state index in [2.05, 4.69) is 16.4 Å². The van der Waals surface area contributed by atoms with Crippen molar-refractivity contribution in [2.75, 3.05) is 6.61 Å². The van der Waals surface area contributed by atoms with Crippen molar-refractivity contribution in [2.24, 2.45) is 0 Å². The van der Waals surface area contributed by atoms with Crippen molar-refractivity contribution in [3.05, 3.63) is 23.5 Å². The summed E-state index contributed by atoms with van der Waals surface area (Å²) in [7, 11) is 0. The Kier molecular flexibility index (Phi) is 1.96. The number of aromatic nitrogens is 1. The van der Waals surface area contributed by atoms with E-state index in [1.807, 2.05) is 6.92 Å². The van der Waals surface area contributed by atoms with E-state index in [9.17, 15) is 0 Å². The van der Waals surface area contributed by atoms with Gasteiger partial charge in [0.05, 0.1) is 18.5 Å². The monoisotopic (exact) mass is 164 g/mol. The molecular weight excluding hydrogens is 152 g/mol. The number of fused-ring (bicyclic) bond motifs is 1. The van der Waals surface area contributed by atoms with Crippen molar-refractivity contribution in [3.63, 3.8) is 0 Å². The van der Waals surface area contributed by atoms with Crippen molar-refractivity contribution in [1.82, 2.24) is 10.3 Å². The van der Waals surface area contributed by atoms with Crippen LogP contribution in [0.1, 0.15) is 18.2 Å². The number of hydrogen-bond acceptors (Lipinski definition) is 3. The van der Waals surface area contributed by atoms with Gasteiger partial charge < -0.3 is 10.1 Å². The summed E-state index contributed by atoms with van der Waals surface area (Å²) in [5.41, 5.74) is 2.42. The molecule has 64 valence electrons. The van der Waals surface area contributed by atoms with Gasteiger partial charge in [-0.05, 0) is 18.6 Å². The molecule has 12 heavy (non-hydrogen) atoms. The molecule has 2 rings (SSSR count). The van der Waals surface area contributed by atoms with Gasteiger partial charge in [0.25, 0.3) is 0 Å². The Bertz CT molecular complexity index is 286.